The highest BCUT2D eigenvalue weighted by Gasteiger charge is 2.37. The van der Waals surface area contributed by atoms with Crippen molar-refractivity contribution >= 4 is 11.0 Å². The van der Waals surface area contributed by atoms with Crippen LogP contribution in [-0.4, -0.2) is 19.5 Å². The van der Waals surface area contributed by atoms with Gasteiger partial charge in [-0.15, -0.1) is 0 Å². The van der Waals surface area contributed by atoms with Crippen LogP contribution in [0.2, 0.25) is 0 Å². The molecular weight excluding hydrogens is 376 g/mol. The summed E-state index contributed by atoms with van der Waals surface area (Å²) in [5.41, 5.74) is 1.65. The van der Waals surface area contributed by atoms with Crippen molar-refractivity contribution in [1.82, 2.24) is 19.5 Å². The Labute approximate surface area is 174 Å². The van der Waals surface area contributed by atoms with E-state index in [4.69, 9.17) is 4.74 Å². The largest absolute Gasteiger partial charge is 0.482 e. The molecule has 0 bridgehead atoms. The Kier molecular flexibility index (Phi) is 4.83. The number of H-pyrrole nitrogens is 1. The first-order valence-corrected chi connectivity index (χ1v) is 10.4. The lowest BCUT2D eigenvalue weighted by Crippen LogP contribution is -2.34. The Bertz CT molecular complexity index is 1210. The summed E-state index contributed by atoms with van der Waals surface area (Å²) in [7, 11) is 0. The van der Waals surface area contributed by atoms with E-state index in [-0.39, 0.29) is 16.8 Å². The molecule has 30 heavy (non-hydrogen) atoms. The minimum absolute atomic E-state index is 0.113. The normalized spacial score (nSPS) is 15.5. The van der Waals surface area contributed by atoms with Gasteiger partial charge in [0.1, 0.15) is 18.1 Å². The number of aromatic nitrogens is 4. The summed E-state index contributed by atoms with van der Waals surface area (Å²) in [5, 5.41) is 1.13. The van der Waals surface area contributed by atoms with Gasteiger partial charge in [-0.25, -0.2) is 9.97 Å². The minimum Gasteiger partial charge on any atom is -0.482 e. The third-order valence-electron chi connectivity index (χ3n) is 6.05. The van der Waals surface area contributed by atoms with E-state index in [0.29, 0.717) is 18.9 Å². The molecule has 0 saturated heterocycles. The molecule has 0 aliphatic heterocycles. The first-order chi connectivity index (χ1) is 14.7. The Hall–Kier alpha value is -3.41. The fourth-order valence-electron chi connectivity index (χ4n) is 4.54. The predicted molar refractivity (Wildman–Crippen MR) is 116 cm³/mol. The molecule has 0 spiro atoms. The molecule has 6 nitrogen and oxygen atoms in total. The van der Waals surface area contributed by atoms with E-state index in [1.807, 2.05) is 42.6 Å². The molecule has 1 aromatic carbocycles. The van der Waals surface area contributed by atoms with E-state index < -0.39 is 0 Å². The lowest BCUT2D eigenvalue weighted by atomic mass is 9.92. The quantitative estimate of drug-likeness (QED) is 0.526. The van der Waals surface area contributed by atoms with Crippen LogP contribution < -0.4 is 10.3 Å². The average molecular weight is 400 g/mol. The van der Waals surface area contributed by atoms with Crippen LogP contribution in [0.25, 0.3) is 11.0 Å². The maximum Gasteiger partial charge on any atom is 0.293 e. The van der Waals surface area contributed by atoms with E-state index in [1.165, 1.54) is 0 Å². The highest BCUT2D eigenvalue weighted by atomic mass is 16.5. The number of rotatable bonds is 6. The van der Waals surface area contributed by atoms with Gasteiger partial charge in [0.05, 0.1) is 11.7 Å². The Balaban J connectivity index is 1.40. The van der Waals surface area contributed by atoms with Crippen LogP contribution in [0.15, 0.2) is 71.9 Å². The van der Waals surface area contributed by atoms with E-state index in [1.54, 1.807) is 6.20 Å². The number of aromatic amines is 1. The second-order valence-electron chi connectivity index (χ2n) is 8.01. The number of benzene rings is 1. The van der Waals surface area contributed by atoms with Gasteiger partial charge in [0.25, 0.3) is 5.56 Å². The Morgan fingerprint density at radius 1 is 1.03 bits per heavy atom. The molecular formula is C24H24N4O2. The molecule has 0 radical (unpaired) electrons. The van der Waals surface area contributed by atoms with Crippen LogP contribution in [-0.2, 0) is 18.6 Å². The minimum atomic E-state index is -0.237. The molecule has 1 saturated carbocycles. The Morgan fingerprint density at radius 2 is 1.87 bits per heavy atom. The van der Waals surface area contributed by atoms with E-state index >= 15 is 0 Å². The van der Waals surface area contributed by atoms with E-state index in [2.05, 4.69) is 37.8 Å². The second-order valence-corrected chi connectivity index (χ2v) is 8.01. The maximum absolute atomic E-state index is 12.6. The van der Waals surface area contributed by atoms with Crippen LogP contribution in [0.3, 0.4) is 0 Å². The molecule has 3 aromatic heterocycles. The second kappa shape index (κ2) is 7.78. The van der Waals surface area contributed by atoms with Gasteiger partial charge in [-0.1, -0.05) is 43.2 Å². The maximum atomic E-state index is 12.6. The first-order valence-electron chi connectivity index (χ1n) is 10.4. The van der Waals surface area contributed by atoms with Crippen molar-refractivity contribution in [2.24, 2.45) is 0 Å². The molecule has 1 fully saturated rings. The summed E-state index contributed by atoms with van der Waals surface area (Å²) in [6.45, 7) is 0.343. The van der Waals surface area contributed by atoms with Gasteiger partial charge < -0.3 is 14.3 Å². The number of nitrogens with one attached hydrogen (secondary N) is 1. The lowest BCUT2D eigenvalue weighted by Gasteiger charge is -2.31. The number of nitrogens with zero attached hydrogens (tertiary/aromatic N) is 3. The summed E-state index contributed by atoms with van der Waals surface area (Å²) >= 11 is 0. The zero-order chi connectivity index (χ0) is 20.4. The third kappa shape index (κ3) is 3.49. The predicted octanol–water partition coefficient (Wildman–Crippen LogP) is 4.21. The highest BCUT2D eigenvalue weighted by molar-refractivity contribution is 5.76. The van der Waals surface area contributed by atoms with Gasteiger partial charge in [-0.3, -0.25) is 4.79 Å². The van der Waals surface area contributed by atoms with Crippen molar-refractivity contribution < 1.29 is 4.74 Å². The summed E-state index contributed by atoms with van der Waals surface area (Å²) in [6, 6.07) is 15.9. The van der Waals surface area contributed by atoms with Gasteiger partial charge in [0, 0.05) is 24.2 Å². The zero-order valence-corrected chi connectivity index (χ0v) is 16.8. The van der Waals surface area contributed by atoms with Crippen LogP contribution >= 0.6 is 0 Å². The molecule has 6 heteroatoms. The van der Waals surface area contributed by atoms with Crippen molar-refractivity contribution in [2.75, 3.05) is 0 Å². The third-order valence-corrected chi connectivity index (χ3v) is 6.05. The van der Waals surface area contributed by atoms with E-state index in [9.17, 15) is 4.79 Å². The van der Waals surface area contributed by atoms with Gasteiger partial charge in [-0.05, 0) is 36.6 Å². The molecule has 1 aliphatic carbocycles. The SMILES string of the molecule is O=c1[nH]c(CC2(n3ccc4cccnc43)CCCC2)ncc1OCc1ccccc1. The topological polar surface area (TPSA) is 72.8 Å². The molecule has 0 amide bonds. The fraction of sp³-hybridized carbons (Fsp3) is 0.292. The zero-order valence-electron chi connectivity index (χ0n) is 16.8. The first kappa shape index (κ1) is 18.6. The molecule has 0 unspecified atom stereocenters. The van der Waals surface area contributed by atoms with Crippen LogP contribution in [0.1, 0.15) is 37.1 Å². The average Bonchev–Trinajstić information content (AvgIpc) is 3.42. The van der Waals surface area contributed by atoms with Crippen molar-refractivity contribution in [2.45, 2.75) is 44.2 Å². The molecule has 1 aliphatic rings. The number of ether oxygens (including phenoxy) is 1. The molecule has 1 N–H and O–H groups in total. The lowest BCUT2D eigenvalue weighted by molar-refractivity contribution is 0.286. The molecule has 0 atom stereocenters. The Morgan fingerprint density at radius 3 is 2.67 bits per heavy atom. The number of hydrogen-bond donors (Lipinski definition) is 1. The van der Waals surface area contributed by atoms with Crippen molar-refractivity contribution in [3.05, 3.63) is 88.9 Å². The monoisotopic (exact) mass is 400 g/mol. The van der Waals surface area contributed by atoms with Crippen LogP contribution in [0.5, 0.6) is 5.75 Å². The number of hydrogen-bond acceptors (Lipinski definition) is 4. The molecule has 4 aromatic rings. The van der Waals surface area contributed by atoms with Gasteiger partial charge in [0.15, 0.2) is 0 Å². The summed E-state index contributed by atoms with van der Waals surface area (Å²) in [6.07, 6.45) is 10.6. The van der Waals surface area contributed by atoms with Crippen molar-refractivity contribution in [1.29, 1.82) is 0 Å². The van der Waals surface area contributed by atoms with Gasteiger partial charge >= 0.3 is 0 Å². The van der Waals surface area contributed by atoms with Gasteiger partial charge in [0.2, 0.25) is 5.75 Å². The van der Waals surface area contributed by atoms with Crippen LogP contribution in [0.4, 0.5) is 0 Å². The standard InChI is InChI=1S/C24H24N4O2/c29-23-20(30-17-18-7-2-1-3-8-18)16-26-21(27-23)15-24(11-4-5-12-24)28-14-10-19-9-6-13-25-22(19)28/h1-3,6-10,13-14,16H,4-5,11-12,15,17H2,(H,26,27,29). The van der Waals surface area contributed by atoms with Crippen LogP contribution in [0, 0.1) is 0 Å². The summed E-state index contributed by atoms with van der Waals surface area (Å²) < 4.78 is 7.97. The highest BCUT2D eigenvalue weighted by Crippen LogP contribution is 2.40. The molecule has 3 heterocycles. The van der Waals surface area contributed by atoms with Gasteiger partial charge in [-0.2, -0.15) is 0 Å². The smallest absolute Gasteiger partial charge is 0.293 e. The van der Waals surface area contributed by atoms with Crippen molar-refractivity contribution in [3.63, 3.8) is 0 Å². The van der Waals surface area contributed by atoms with Crippen molar-refractivity contribution in [3.8, 4) is 5.75 Å². The van der Waals surface area contributed by atoms with E-state index in [0.717, 1.165) is 42.3 Å². The summed E-state index contributed by atoms with van der Waals surface area (Å²) in [5.74, 6) is 0.933. The summed E-state index contributed by atoms with van der Waals surface area (Å²) in [4.78, 5) is 24.7. The molecule has 5 rings (SSSR count). The fourth-order valence-corrected chi connectivity index (χ4v) is 4.54. The number of pyridine rings is 1. The molecule has 152 valence electrons. The number of fused-ring (bicyclic) bond motifs is 1.